The van der Waals surface area contributed by atoms with Crippen LogP contribution in [-0.4, -0.2) is 27.0 Å². The number of aromatic nitrogens is 3. The molecule has 1 aromatic carbocycles. The minimum Gasteiger partial charge on any atom is -0.351 e. The average molecular weight is 334 g/mol. The van der Waals surface area contributed by atoms with Gasteiger partial charge in [0.25, 0.3) is 5.56 Å². The fraction of sp³-hybridized carbons (Fsp3) is 0.158. The Balaban J connectivity index is 1.64. The molecule has 0 saturated carbocycles. The Morgan fingerprint density at radius 2 is 2.00 bits per heavy atom. The van der Waals surface area contributed by atoms with Crippen LogP contribution in [0.25, 0.3) is 17.1 Å². The summed E-state index contributed by atoms with van der Waals surface area (Å²) in [6.45, 7) is 2.45. The summed E-state index contributed by atoms with van der Waals surface area (Å²) in [6.07, 6.45) is 4.83. The first-order valence-corrected chi connectivity index (χ1v) is 7.98. The summed E-state index contributed by atoms with van der Waals surface area (Å²) in [4.78, 5) is 32.8. The van der Waals surface area contributed by atoms with Gasteiger partial charge < -0.3 is 5.32 Å². The fourth-order valence-electron chi connectivity index (χ4n) is 2.51. The van der Waals surface area contributed by atoms with Crippen LogP contribution in [0.3, 0.4) is 0 Å². The summed E-state index contributed by atoms with van der Waals surface area (Å²) < 4.78 is 1.55. The van der Waals surface area contributed by atoms with Crippen molar-refractivity contribution in [2.45, 2.75) is 13.5 Å². The lowest BCUT2D eigenvalue weighted by molar-refractivity contribution is -0.116. The van der Waals surface area contributed by atoms with E-state index in [1.165, 1.54) is 6.08 Å². The molecule has 0 aliphatic rings. The second kappa shape index (κ2) is 7.53. The van der Waals surface area contributed by atoms with Crippen LogP contribution in [0.15, 0.2) is 59.5 Å². The van der Waals surface area contributed by atoms with Gasteiger partial charge in [0.15, 0.2) is 5.65 Å². The van der Waals surface area contributed by atoms with Gasteiger partial charge in [-0.3, -0.25) is 14.2 Å². The van der Waals surface area contributed by atoms with Crippen molar-refractivity contribution in [1.29, 1.82) is 0 Å². The first-order valence-electron chi connectivity index (χ1n) is 7.98. The third kappa shape index (κ3) is 3.98. The Labute approximate surface area is 144 Å². The summed E-state index contributed by atoms with van der Waals surface area (Å²) >= 11 is 0. The van der Waals surface area contributed by atoms with Gasteiger partial charge in [0.1, 0.15) is 5.82 Å². The van der Waals surface area contributed by atoms with Crippen LogP contribution < -0.4 is 10.9 Å². The number of hydrogen-bond donors (Lipinski definition) is 1. The van der Waals surface area contributed by atoms with Crippen molar-refractivity contribution in [2.75, 3.05) is 6.54 Å². The summed E-state index contributed by atoms with van der Waals surface area (Å²) in [5.74, 6) is 0.371. The van der Waals surface area contributed by atoms with Gasteiger partial charge in [0.05, 0.1) is 5.39 Å². The van der Waals surface area contributed by atoms with Crippen molar-refractivity contribution in [3.8, 4) is 0 Å². The molecule has 126 valence electrons. The number of carbonyl (C=O) groups excluding carboxylic acids is 1. The molecule has 0 aliphatic carbocycles. The molecular formula is C19H18N4O2. The van der Waals surface area contributed by atoms with Crippen molar-refractivity contribution < 1.29 is 4.79 Å². The molecule has 0 saturated heterocycles. The van der Waals surface area contributed by atoms with Gasteiger partial charge in [-0.1, -0.05) is 30.3 Å². The van der Waals surface area contributed by atoms with Crippen LogP contribution in [0.4, 0.5) is 0 Å². The van der Waals surface area contributed by atoms with E-state index in [1.54, 1.807) is 35.9 Å². The van der Waals surface area contributed by atoms with Crippen molar-refractivity contribution >= 4 is 23.0 Å². The van der Waals surface area contributed by atoms with Crippen LogP contribution in [0.1, 0.15) is 11.4 Å². The zero-order chi connectivity index (χ0) is 17.6. The molecule has 1 N–H and O–H groups in total. The molecule has 0 spiro atoms. The summed E-state index contributed by atoms with van der Waals surface area (Å²) in [7, 11) is 0. The molecule has 6 heteroatoms. The van der Waals surface area contributed by atoms with E-state index in [1.807, 2.05) is 30.3 Å². The van der Waals surface area contributed by atoms with E-state index < -0.39 is 0 Å². The number of nitrogens with one attached hydrogen (secondary N) is 1. The van der Waals surface area contributed by atoms with Gasteiger partial charge in [-0.15, -0.1) is 0 Å². The molecule has 6 nitrogen and oxygen atoms in total. The molecule has 3 aromatic rings. The number of carbonyl (C=O) groups is 1. The third-order valence-electron chi connectivity index (χ3n) is 3.78. The lowest BCUT2D eigenvalue weighted by Crippen LogP contribution is -2.31. The molecule has 0 bridgehead atoms. The van der Waals surface area contributed by atoms with Gasteiger partial charge in [-0.25, -0.2) is 9.97 Å². The summed E-state index contributed by atoms with van der Waals surface area (Å²) in [5.41, 5.74) is 1.25. The number of amides is 1. The van der Waals surface area contributed by atoms with Gasteiger partial charge in [-0.05, 0) is 30.7 Å². The van der Waals surface area contributed by atoms with Crippen LogP contribution in [0.5, 0.6) is 0 Å². The number of aryl methyl sites for hydroxylation is 1. The average Bonchev–Trinajstić information content (AvgIpc) is 2.63. The molecule has 0 radical (unpaired) electrons. The predicted octanol–water partition coefficient (Wildman–Crippen LogP) is 1.93. The lowest BCUT2D eigenvalue weighted by atomic mass is 10.2. The predicted molar refractivity (Wildman–Crippen MR) is 97.0 cm³/mol. The first kappa shape index (κ1) is 16.6. The van der Waals surface area contributed by atoms with Crippen molar-refractivity contribution in [1.82, 2.24) is 19.9 Å². The second-order valence-electron chi connectivity index (χ2n) is 5.53. The zero-order valence-electron chi connectivity index (χ0n) is 13.8. The summed E-state index contributed by atoms with van der Waals surface area (Å²) in [6, 6.07) is 13.0. The molecule has 2 aromatic heterocycles. The Morgan fingerprint density at radius 3 is 2.80 bits per heavy atom. The third-order valence-corrected chi connectivity index (χ3v) is 3.78. The Morgan fingerprint density at radius 1 is 1.20 bits per heavy atom. The fourth-order valence-corrected chi connectivity index (χ4v) is 2.51. The van der Waals surface area contributed by atoms with E-state index in [2.05, 4.69) is 15.3 Å². The molecule has 2 heterocycles. The van der Waals surface area contributed by atoms with E-state index in [9.17, 15) is 9.59 Å². The van der Waals surface area contributed by atoms with Crippen molar-refractivity contribution in [3.63, 3.8) is 0 Å². The SMILES string of the molecule is Cc1nc2ncccc2c(=O)n1CCNC(=O)/C=C/c1ccccc1. The largest absolute Gasteiger partial charge is 0.351 e. The number of rotatable bonds is 5. The molecule has 0 fully saturated rings. The van der Waals surface area contributed by atoms with Gasteiger partial charge in [0, 0.05) is 25.4 Å². The van der Waals surface area contributed by atoms with E-state index >= 15 is 0 Å². The highest BCUT2D eigenvalue weighted by Crippen LogP contribution is 2.04. The van der Waals surface area contributed by atoms with E-state index in [4.69, 9.17) is 0 Å². The van der Waals surface area contributed by atoms with Gasteiger partial charge in [0.2, 0.25) is 5.91 Å². The Kier molecular flexibility index (Phi) is 4.99. The second-order valence-corrected chi connectivity index (χ2v) is 5.53. The number of pyridine rings is 1. The highest BCUT2D eigenvalue weighted by Gasteiger charge is 2.08. The quantitative estimate of drug-likeness (QED) is 0.723. The minimum atomic E-state index is -0.204. The van der Waals surface area contributed by atoms with Crippen LogP contribution in [0, 0.1) is 6.92 Å². The van der Waals surface area contributed by atoms with E-state index in [0.29, 0.717) is 29.9 Å². The molecule has 0 atom stereocenters. The molecular weight excluding hydrogens is 316 g/mol. The van der Waals surface area contributed by atoms with Crippen molar-refractivity contribution in [2.24, 2.45) is 0 Å². The highest BCUT2D eigenvalue weighted by atomic mass is 16.1. The maximum absolute atomic E-state index is 12.5. The molecule has 0 aliphatic heterocycles. The van der Waals surface area contributed by atoms with Crippen molar-refractivity contribution in [3.05, 3.63) is 76.5 Å². The maximum atomic E-state index is 12.5. The molecule has 3 rings (SSSR count). The topological polar surface area (TPSA) is 76.9 Å². The number of nitrogens with zero attached hydrogens (tertiary/aromatic N) is 3. The highest BCUT2D eigenvalue weighted by molar-refractivity contribution is 5.91. The monoisotopic (exact) mass is 334 g/mol. The normalized spacial score (nSPS) is 11.1. The maximum Gasteiger partial charge on any atom is 0.263 e. The molecule has 0 unspecified atom stereocenters. The Hall–Kier alpha value is -3.28. The zero-order valence-corrected chi connectivity index (χ0v) is 13.8. The number of benzene rings is 1. The van der Waals surface area contributed by atoms with E-state index in [-0.39, 0.29) is 11.5 Å². The van der Waals surface area contributed by atoms with Gasteiger partial charge in [-0.2, -0.15) is 0 Å². The number of hydrogen-bond acceptors (Lipinski definition) is 4. The molecule has 1 amide bonds. The summed E-state index contributed by atoms with van der Waals surface area (Å²) in [5, 5.41) is 3.25. The van der Waals surface area contributed by atoms with Crippen LogP contribution >= 0.6 is 0 Å². The minimum absolute atomic E-state index is 0.148. The molecule has 25 heavy (non-hydrogen) atoms. The van der Waals surface area contributed by atoms with Crippen LogP contribution in [0.2, 0.25) is 0 Å². The first-order chi connectivity index (χ1) is 12.1. The Bertz CT molecular complexity index is 978. The lowest BCUT2D eigenvalue weighted by Gasteiger charge is -2.10. The number of fused-ring (bicyclic) bond motifs is 1. The standard InChI is InChI=1S/C19H18N4O2/c1-14-22-18-16(8-5-11-21-18)19(25)23(14)13-12-20-17(24)10-9-15-6-3-2-4-7-15/h2-11H,12-13H2,1H3,(H,20,24)/b10-9+. The smallest absolute Gasteiger partial charge is 0.263 e. The van der Waals surface area contributed by atoms with E-state index in [0.717, 1.165) is 5.56 Å². The van der Waals surface area contributed by atoms with Crippen LogP contribution in [-0.2, 0) is 11.3 Å². The van der Waals surface area contributed by atoms with Gasteiger partial charge >= 0.3 is 0 Å².